The van der Waals surface area contributed by atoms with Gasteiger partial charge in [0.2, 0.25) is 5.91 Å². The van der Waals surface area contributed by atoms with E-state index in [-0.39, 0.29) is 29.0 Å². The van der Waals surface area contributed by atoms with Crippen LogP contribution >= 0.6 is 11.3 Å². The van der Waals surface area contributed by atoms with Crippen molar-refractivity contribution in [1.29, 1.82) is 0 Å². The number of halogens is 1. The second-order valence-electron chi connectivity index (χ2n) is 8.45. The van der Waals surface area contributed by atoms with E-state index in [2.05, 4.69) is 25.7 Å². The molecule has 0 spiro atoms. The minimum atomic E-state index is -0.670. The average molecular weight is 515 g/mol. The number of carbonyl (C=O) groups excluding carboxylic acids is 2. The summed E-state index contributed by atoms with van der Waals surface area (Å²) in [6.07, 6.45) is 4.84. The lowest BCUT2D eigenvalue weighted by Gasteiger charge is -2.11. The largest absolute Gasteiger partial charge is 0.454 e. The van der Waals surface area contributed by atoms with Gasteiger partial charge in [0.05, 0.1) is 16.8 Å². The summed E-state index contributed by atoms with van der Waals surface area (Å²) in [4.78, 5) is 34.3. The standard InChI is InChI=1S/C26H19FN6O3S/c27-18-12-16(5-6-21(18)36-17-7-9-28-23(13-17)32-25(34)15-3-4-15)30-26(35)19-14-20(22-2-1-11-37-22)33-24(31-19)8-10-29-33/h1-2,5-15H,3-4H2,(H,30,35)(H,28,32,34). The smallest absolute Gasteiger partial charge is 0.274 e. The van der Waals surface area contributed by atoms with Gasteiger partial charge in [-0.05, 0) is 48.6 Å². The predicted molar refractivity (Wildman–Crippen MR) is 136 cm³/mol. The summed E-state index contributed by atoms with van der Waals surface area (Å²) < 4.78 is 22.2. The lowest BCUT2D eigenvalue weighted by molar-refractivity contribution is -0.117. The summed E-state index contributed by atoms with van der Waals surface area (Å²) in [7, 11) is 0. The lowest BCUT2D eigenvalue weighted by atomic mass is 10.2. The maximum Gasteiger partial charge on any atom is 0.274 e. The third-order valence-electron chi connectivity index (χ3n) is 5.71. The number of carbonyl (C=O) groups is 2. The third-order valence-corrected chi connectivity index (χ3v) is 6.61. The Balaban J connectivity index is 1.18. The lowest BCUT2D eigenvalue weighted by Crippen LogP contribution is -2.15. The number of hydrogen-bond donors (Lipinski definition) is 2. The Bertz CT molecular complexity index is 1630. The molecule has 37 heavy (non-hydrogen) atoms. The summed E-state index contributed by atoms with van der Waals surface area (Å²) in [5.41, 5.74) is 1.68. The quantitative estimate of drug-likeness (QED) is 0.302. The number of nitrogens with one attached hydrogen (secondary N) is 2. The minimum Gasteiger partial charge on any atom is -0.454 e. The zero-order valence-electron chi connectivity index (χ0n) is 19.2. The zero-order valence-corrected chi connectivity index (χ0v) is 20.0. The highest BCUT2D eigenvalue weighted by Crippen LogP contribution is 2.31. The third kappa shape index (κ3) is 4.89. The minimum absolute atomic E-state index is 0.0334. The van der Waals surface area contributed by atoms with Crippen LogP contribution in [0.4, 0.5) is 15.9 Å². The number of nitrogens with zero attached hydrogens (tertiary/aromatic N) is 4. The Hall–Kier alpha value is -4.64. The van der Waals surface area contributed by atoms with Gasteiger partial charge in [-0.15, -0.1) is 11.3 Å². The van der Waals surface area contributed by atoms with Crippen molar-refractivity contribution in [3.8, 4) is 22.1 Å². The van der Waals surface area contributed by atoms with Gasteiger partial charge < -0.3 is 15.4 Å². The molecular weight excluding hydrogens is 495 g/mol. The van der Waals surface area contributed by atoms with Gasteiger partial charge in [-0.3, -0.25) is 9.59 Å². The molecule has 1 saturated carbocycles. The molecule has 4 aromatic heterocycles. The van der Waals surface area contributed by atoms with Gasteiger partial charge >= 0.3 is 0 Å². The molecule has 1 fully saturated rings. The van der Waals surface area contributed by atoms with Crippen LogP contribution in [0.5, 0.6) is 11.5 Å². The van der Waals surface area contributed by atoms with Gasteiger partial charge in [-0.1, -0.05) is 6.07 Å². The summed E-state index contributed by atoms with van der Waals surface area (Å²) in [6.45, 7) is 0. The molecule has 0 unspecified atom stereocenters. The van der Waals surface area contributed by atoms with E-state index in [4.69, 9.17) is 4.74 Å². The van der Waals surface area contributed by atoms with Crippen molar-refractivity contribution in [1.82, 2.24) is 19.6 Å². The molecule has 0 radical (unpaired) electrons. The van der Waals surface area contributed by atoms with Crippen LogP contribution in [-0.2, 0) is 4.79 Å². The Morgan fingerprint density at radius 1 is 1.05 bits per heavy atom. The van der Waals surface area contributed by atoms with Gasteiger partial charge in [0.15, 0.2) is 17.2 Å². The van der Waals surface area contributed by atoms with Crippen LogP contribution in [-0.4, -0.2) is 31.4 Å². The van der Waals surface area contributed by atoms with Crippen molar-refractivity contribution in [3.05, 3.63) is 83.9 Å². The number of rotatable bonds is 7. The molecule has 1 aromatic carbocycles. The number of benzene rings is 1. The molecule has 2 N–H and O–H groups in total. The van der Waals surface area contributed by atoms with Crippen molar-refractivity contribution < 1.29 is 18.7 Å². The molecule has 0 saturated heterocycles. The van der Waals surface area contributed by atoms with Crippen LogP contribution in [0.3, 0.4) is 0 Å². The first-order valence-corrected chi connectivity index (χ1v) is 12.4. The molecule has 1 aliphatic rings. The van der Waals surface area contributed by atoms with Gasteiger partial charge in [0, 0.05) is 36.0 Å². The fourth-order valence-electron chi connectivity index (χ4n) is 3.73. The number of fused-ring (bicyclic) bond motifs is 1. The molecule has 0 bridgehead atoms. The monoisotopic (exact) mass is 514 g/mol. The highest BCUT2D eigenvalue weighted by atomic mass is 32.1. The number of anilines is 2. The summed E-state index contributed by atoms with van der Waals surface area (Å²) in [5, 5.41) is 11.6. The highest BCUT2D eigenvalue weighted by molar-refractivity contribution is 7.13. The molecule has 6 rings (SSSR count). The van der Waals surface area contributed by atoms with Crippen LogP contribution in [0.1, 0.15) is 23.3 Å². The molecule has 184 valence electrons. The van der Waals surface area contributed by atoms with Crippen LogP contribution < -0.4 is 15.4 Å². The van der Waals surface area contributed by atoms with E-state index in [0.29, 0.717) is 17.2 Å². The molecule has 9 nitrogen and oxygen atoms in total. The van der Waals surface area contributed by atoms with Crippen LogP contribution in [0.15, 0.2) is 72.4 Å². The van der Waals surface area contributed by atoms with E-state index in [1.54, 1.807) is 28.9 Å². The topological polar surface area (TPSA) is 111 Å². The number of amides is 2. The van der Waals surface area contributed by atoms with Gasteiger partial charge in [0.1, 0.15) is 17.3 Å². The number of thiophene rings is 1. The van der Waals surface area contributed by atoms with E-state index in [1.165, 1.54) is 41.8 Å². The fraction of sp³-hybridized carbons (Fsp3) is 0.115. The molecule has 2 amide bonds. The molecule has 1 aliphatic carbocycles. The first-order valence-electron chi connectivity index (χ1n) is 11.5. The number of pyridine rings is 1. The van der Waals surface area contributed by atoms with E-state index in [1.807, 2.05) is 17.5 Å². The number of hydrogen-bond acceptors (Lipinski definition) is 7. The van der Waals surface area contributed by atoms with Gasteiger partial charge in [-0.2, -0.15) is 5.10 Å². The second-order valence-corrected chi connectivity index (χ2v) is 9.39. The molecular formula is C26H19FN6O3S. The van der Waals surface area contributed by atoms with Gasteiger partial charge in [-0.25, -0.2) is 18.9 Å². The van der Waals surface area contributed by atoms with Crippen molar-refractivity contribution in [3.63, 3.8) is 0 Å². The van der Waals surface area contributed by atoms with Crippen LogP contribution in [0, 0.1) is 11.7 Å². The SMILES string of the molecule is O=C(Nc1ccc(Oc2ccnc(NC(=O)C3CC3)c2)c(F)c1)c1cc(-c2cccs2)n2nccc2n1. The Kier molecular flexibility index (Phi) is 5.81. The highest BCUT2D eigenvalue weighted by Gasteiger charge is 2.29. The Morgan fingerprint density at radius 3 is 2.73 bits per heavy atom. The summed E-state index contributed by atoms with van der Waals surface area (Å²) in [6, 6.07) is 14.4. The summed E-state index contributed by atoms with van der Waals surface area (Å²) in [5.74, 6) is -0.593. The van der Waals surface area contributed by atoms with E-state index >= 15 is 0 Å². The molecule has 0 aliphatic heterocycles. The molecule has 0 atom stereocenters. The first-order chi connectivity index (χ1) is 18.0. The van der Waals surface area contributed by atoms with E-state index in [9.17, 15) is 14.0 Å². The molecule has 4 heterocycles. The normalized spacial score (nSPS) is 12.9. The maximum absolute atomic E-state index is 14.8. The van der Waals surface area contributed by atoms with Crippen LogP contribution in [0.25, 0.3) is 16.2 Å². The molecule has 5 aromatic rings. The first kappa shape index (κ1) is 22.8. The average Bonchev–Trinajstić information content (AvgIpc) is 3.39. The van der Waals surface area contributed by atoms with Crippen molar-refractivity contribution >= 4 is 40.3 Å². The Morgan fingerprint density at radius 2 is 1.95 bits per heavy atom. The predicted octanol–water partition coefficient (Wildman–Crippen LogP) is 5.39. The van der Waals surface area contributed by atoms with Gasteiger partial charge in [0.25, 0.3) is 5.91 Å². The van der Waals surface area contributed by atoms with Crippen LogP contribution in [0.2, 0.25) is 0 Å². The maximum atomic E-state index is 14.8. The van der Waals surface area contributed by atoms with Crippen molar-refractivity contribution in [2.45, 2.75) is 12.8 Å². The Labute approximate surface area is 214 Å². The number of aromatic nitrogens is 4. The molecule has 11 heteroatoms. The van der Waals surface area contributed by atoms with E-state index in [0.717, 1.165) is 23.4 Å². The van der Waals surface area contributed by atoms with Crippen molar-refractivity contribution in [2.75, 3.05) is 10.6 Å². The zero-order chi connectivity index (χ0) is 25.4. The second kappa shape index (κ2) is 9.43. The van der Waals surface area contributed by atoms with E-state index < -0.39 is 11.7 Å². The number of ether oxygens (including phenoxy) is 1. The van der Waals surface area contributed by atoms with Crippen molar-refractivity contribution in [2.24, 2.45) is 5.92 Å². The fourth-order valence-corrected chi connectivity index (χ4v) is 4.46. The summed E-state index contributed by atoms with van der Waals surface area (Å²) >= 11 is 1.52.